The lowest BCUT2D eigenvalue weighted by atomic mass is 10.1. The first kappa shape index (κ1) is 19.9. The van der Waals surface area contributed by atoms with Crippen LogP contribution in [0.5, 0.6) is 0 Å². The fourth-order valence-corrected chi connectivity index (χ4v) is 3.96. The van der Waals surface area contributed by atoms with Crippen LogP contribution in [0.25, 0.3) is 0 Å². The number of carbonyl (C=O) groups excluding carboxylic acids is 1. The number of ether oxygens (including phenoxy) is 1. The molecule has 0 spiro atoms. The van der Waals surface area contributed by atoms with Crippen molar-refractivity contribution in [1.82, 2.24) is 20.9 Å². The number of benzene rings is 1. The number of hydrazine groups is 2. The van der Waals surface area contributed by atoms with Crippen LogP contribution in [0.4, 0.5) is 4.39 Å². The number of hydrogen-bond acceptors (Lipinski definition) is 8. The van der Waals surface area contributed by atoms with Gasteiger partial charge in [-0.1, -0.05) is 0 Å². The summed E-state index contributed by atoms with van der Waals surface area (Å²) in [5.41, 5.74) is 8.17. The minimum Gasteiger partial charge on any atom is -0.461 e. The predicted molar refractivity (Wildman–Crippen MR) is 99.8 cm³/mol. The van der Waals surface area contributed by atoms with Gasteiger partial charge in [0.1, 0.15) is 23.1 Å². The summed E-state index contributed by atoms with van der Waals surface area (Å²) < 4.78 is 43.4. The number of hydrogen-bond donors (Lipinski definition) is 2. The zero-order chi connectivity index (χ0) is 20.5. The molecule has 0 amide bonds. The molecule has 150 valence electrons. The van der Waals surface area contributed by atoms with Crippen LogP contribution in [0.15, 0.2) is 64.1 Å². The van der Waals surface area contributed by atoms with Crippen LogP contribution in [0.2, 0.25) is 0 Å². The van der Waals surface area contributed by atoms with E-state index in [0.717, 1.165) is 23.5 Å². The topological polar surface area (TPSA) is 91.0 Å². The molecule has 28 heavy (non-hydrogen) atoms. The normalized spacial score (nSPS) is 16.4. The molecule has 0 radical (unpaired) electrons. The van der Waals surface area contributed by atoms with E-state index in [1.165, 1.54) is 17.1 Å². The molecule has 2 N–H and O–H groups in total. The van der Waals surface area contributed by atoms with E-state index in [1.54, 1.807) is 31.1 Å². The molecular formula is C18H21FN4O4S. The van der Waals surface area contributed by atoms with Crippen LogP contribution >= 0.6 is 0 Å². The number of fused-ring (bicyclic) bond motifs is 1. The van der Waals surface area contributed by atoms with Crippen LogP contribution in [0.1, 0.15) is 13.8 Å². The Kier molecular flexibility index (Phi) is 5.43. The molecule has 1 aromatic carbocycles. The number of rotatable bonds is 6. The highest BCUT2D eigenvalue weighted by Gasteiger charge is 2.34. The number of esters is 1. The number of likely N-dealkylation sites (N-methyl/N-ethyl adjacent to an activating group) is 1. The standard InChI is InChI=1S/C18H21FN4O4S/c1-4-27-18(24)16-10-9-15-17(12(2)21-22(15)3)23(16)20-11-28(25,26)14-7-5-13(19)6-8-14/h5-10,20-21H,4,11H2,1-3H3. The molecule has 0 atom stereocenters. The van der Waals surface area contributed by atoms with Crippen molar-refractivity contribution in [2.24, 2.45) is 0 Å². The Hall–Kier alpha value is -2.85. The molecule has 2 aliphatic heterocycles. The molecule has 2 heterocycles. The van der Waals surface area contributed by atoms with Gasteiger partial charge in [-0.15, -0.1) is 0 Å². The van der Waals surface area contributed by atoms with Crippen molar-refractivity contribution >= 4 is 15.8 Å². The summed E-state index contributed by atoms with van der Waals surface area (Å²) in [6, 6.07) is 4.57. The Morgan fingerprint density at radius 1 is 1.25 bits per heavy atom. The summed E-state index contributed by atoms with van der Waals surface area (Å²) in [6.07, 6.45) is 3.31. The lowest BCUT2D eigenvalue weighted by molar-refractivity contribution is -0.140. The van der Waals surface area contributed by atoms with Gasteiger partial charge in [0.15, 0.2) is 9.84 Å². The van der Waals surface area contributed by atoms with E-state index in [-0.39, 0.29) is 17.2 Å². The van der Waals surface area contributed by atoms with Crippen molar-refractivity contribution in [3.63, 3.8) is 0 Å². The summed E-state index contributed by atoms with van der Waals surface area (Å²) >= 11 is 0. The first-order chi connectivity index (χ1) is 13.2. The first-order valence-electron chi connectivity index (χ1n) is 8.57. The summed E-state index contributed by atoms with van der Waals surface area (Å²) in [6.45, 7) is 3.68. The SMILES string of the molecule is CCOC(=O)C1=CC=C2C(=C(C)NN2C)N1NCS(=O)(=O)c1ccc(F)cc1. The second-order valence-corrected chi connectivity index (χ2v) is 8.16. The molecule has 3 rings (SSSR count). The number of halogens is 1. The zero-order valence-electron chi connectivity index (χ0n) is 15.7. The molecule has 2 aliphatic rings. The van der Waals surface area contributed by atoms with Gasteiger partial charge < -0.3 is 10.2 Å². The van der Waals surface area contributed by atoms with E-state index >= 15 is 0 Å². The average Bonchev–Trinajstić information content (AvgIpc) is 2.94. The molecule has 0 aliphatic carbocycles. The molecule has 1 aromatic rings. The van der Waals surface area contributed by atoms with Crippen LogP contribution in [0.3, 0.4) is 0 Å². The summed E-state index contributed by atoms with van der Waals surface area (Å²) in [4.78, 5) is 12.3. The molecule has 0 saturated heterocycles. The molecule has 0 aromatic heterocycles. The van der Waals surface area contributed by atoms with Gasteiger partial charge >= 0.3 is 5.97 Å². The van der Waals surface area contributed by atoms with Gasteiger partial charge in [0.2, 0.25) is 0 Å². The van der Waals surface area contributed by atoms with Crippen LogP contribution in [-0.4, -0.2) is 43.9 Å². The molecule has 0 fully saturated rings. The highest BCUT2D eigenvalue weighted by atomic mass is 32.2. The van der Waals surface area contributed by atoms with Gasteiger partial charge in [-0.2, -0.15) is 0 Å². The minimum absolute atomic E-state index is 0.0248. The zero-order valence-corrected chi connectivity index (χ0v) is 16.5. The lowest BCUT2D eigenvalue weighted by Gasteiger charge is -2.31. The highest BCUT2D eigenvalue weighted by Crippen LogP contribution is 2.32. The monoisotopic (exact) mass is 408 g/mol. The minimum atomic E-state index is -3.77. The maximum atomic E-state index is 13.1. The van der Waals surface area contributed by atoms with Gasteiger partial charge in [0.25, 0.3) is 0 Å². The van der Waals surface area contributed by atoms with Crippen molar-refractivity contribution < 1.29 is 22.3 Å². The number of nitrogens with zero attached hydrogens (tertiary/aromatic N) is 2. The van der Waals surface area contributed by atoms with Crippen LogP contribution in [-0.2, 0) is 19.4 Å². The van der Waals surface area contributed by atoms with Crippen LogP contribution in [0, 0.1) is 5.82 Å². The fourth-order valence-electron chi connectivity index (χ4n) is 2.94. The van der Waals surface area contributed by atoms with E-state index in [2.05, 4.69) is 10.9 Å². The Labute approximate surface area is 162 Å². The first-order valence-corrected chi connectivity index (χ1v) is 10.2. The second-order valence-electron chi connectivity index (χ2n) is 6.18. The van der Waals surface area contributed by atoms with Gasteiger partial charge in [-0.25, -0.2) is 23.0 Å². The smallest absolute Gasteiger partial charge is 0.356 e. The van der Waals surface area contributed by atoms with Crippen molar-refractivity contribution in [1.29, 1.82) is 0 Å². The third-order valence-corrected chi connectivity index (χ3v) is 5.73. The van der Waals surface area contributed by atoms with Gasteiger partial charge in [0, 0.05) is 7.05 Å². The van der Waals surface area contributed by atoms with Crippen molar-refractivity contribution in [2.45, 2.75) is 18.7 Å². The number of sulfone groups is 1. The average molecular weight is 408 g/mol. The third kappa shape index (κ3) is 3.73. The highest BCUT2D eigenvalue weighted by molar-refractivity contribution is 7.91. The van der Waals surface area contributed by atoms with Gasteiger partial charge in [-0.3, -0.25) is 10.0 Å². The maximum Gasteiger partial charge on any atom is 0.356 e. The Morgan fingerprint density at radius 2 is 1.93 bits per heavy atom. The summed E-state index contributed by atoms with van der Waals surface area (Å²) in [7, 11) is -1.97. The van der Waals surface area contributed by atoms with Gasteiger partial charge in [-0.05, 0) is 50.3 Å². The molecule has 8 nitrogen and oxygen atoms in total. The summed E-state index contributed by atoms with van der Waals surface area (Å²) in [5, 5.41) is 3.16. The molecule has 10 heteroatoms. The van der Waals surface area contributed by atoms with Crippen LogP contribution < -0.4 is 10.9 Å². The van der Waals surface area contributed by atoms with E-state index < -0.39 is 27.5 Å². The molecular weight excluding hydrogens is 387 g/mol. The quantitative estimate of drug-likeness (QED) is 0.539. The lowest BCUT2D eigenvalue weighted by Crippen LogP contribution is -2.44. The summed E-state index contributed by atoms with van der Waals surface area (Å²) in [5.74, 6) is -1.60. The third-order valence-electron chi connectivity index (χ3n) is 4.23. The molecule has 0 saturated carbocycles. The van der Waals surface area contributed by atoms with Crippen molar-refractivity contribution in [3.05, 3.63) is 65.0 Å². The van der Waals surface area contributed by atoms with E-state index in [4.69, 9.17) is 4.74 Å². The molecule has 0 unspecified atom stereocenters. The Morgan fingerprint density at radius 3 is 2.57 bits per heavy atom. The fraction of sp³-hybridized carbons (Fsp3) is 0.278. The second kappa shape index (κ2) is 7.64. The van der Waals surface area contributed by atoms with E-state index in [9.17, 15) is 17.6 Å². The number of allylic oxidation sites excluding steroid dienone is 3. The largest absolute Gasteiger partial charge is 0.461 e. The predicted octanol–water partition coefficient (Wildman–Crippen LogP) is 1.39. The Balaban J connectivity index is 1.89. The van der Waals surface area contributed by atoms with Crippen molar-refractivity contribution in [2.75, 3.05) is 19.5 Å². The maximum absolute atomic E-state index is 13.1. The number of nitrogens with one attached hydrogen (secondary N) is 2. The van der Waals surface area contributed by atoms with Crippen molar-refractivity contribution in [3.8, 4) is 0 Å². The van der Waals surface area contributed by atoms with E-state index in [1.807, 2.05) is 6.92 Å². The Bertz CT molecular complexity index is 983. The van der Waals surface area contributed by atoms with E-state index in [0.29, 0.717) is 5.70 Å². The molecule has 0 bridgehead atoms. The number of carbonyl (C=O) groups is 1. The van der Waals surface area contributed by atoms with Gasteiger partial charge in [0.05, 0.1) is 22.9 Å².